The summed E-state index contributed by atoms with van der Waals surface area (Å²) in [6.45, 7) is 2.15. The maximum Gasteiger partial charge on any atom is 0.227 e. The Bertz CT molecular complexity index is 1120. The number of hydrogen-bond acceptors (Lipinski definition) is 7. The molecule has 0 unspecified atom stereocenters. The van der Waals surface area contributed by atoms with E-state index in [-0.39, 0.29) is 17.8 Å². The minimum absolute atomic E-state index is 0.105. The number of rotatable bonds is 4. The Kier molecular flexibility index (Phi) is 4.19. The number of anilines is 3. The molecule has 4 N–H and O–H groups in total. The van der Waals surface area contributed by atoms with Crippen LogP contribution in [0.1, 0.15) is 24.9 Å². The van der Waals surface area contributed by atoms with Gasteiger partial charge in [-0.05, 0) is 22.8 Å². The second-order valence-corrected chi connectivity index (χ2v) is 6.48. The van der Waals surface area contributed by atoms with E-state index in [0.29, 0.717) is 17.0 Å². The molecule has 0 aliphatic carbocycles. The highest BCUT2D eigenvalue weighted by Gasteiger charge is 2.20. The van der Waals surface area contributed by atoms with Crippen molar-refractivity contribution in [3.05, 3.63) is 54.2 Å². The van der Waals surface area contributed by atoms with Gasteiger partial charge in [-0.15, -0.1) is 0 Å². The van der Waals surface area contributed by atoms with Crippen molar-refractivity contribution < 1.29 is 0 Å². The van der Waals surface area contributed by atoms with E-state index in [1.807, 2.05) is 7.05 Å². The summed E-state index contributed by atoms with van der Waals surface area (Å²) in [5.41, 5.74) is 13.3. The number of fused-ring (bicyclic) bond motifs is 2. The number of nitrogens with zero attached hydrogens (tertiary/aromatic N) is 5. The maximum atomic E-state index is 5.90. The molecular weight excluding hydrogens is 338 g/mol. The first kappa shape index (κ1) is 17.0. The Labute approximate surface area is 157 Å². The number of nitrogens with two attached hydrogens (primary N) is 2. The number of nitrogen functional groups attached to an aromatic ring is 2. The Hall–Kier alpha value is -3.48. The van der Waals surface area contributed by atoms with Crippen LogP contribution in [0, 0.1) is 0 Å². The summed E-state index contributed by atoms with van der Waals surface area (Å²) < 4.78 is 0. The van der Waals surface area contributed by atoms with Crippen LogP contribution in [0.3, 0.4) is 0 Å². The van der Waals surface area contributed by atoms with Gasteiger partial charge in [-0.3, -0.25) is 0 Å². The summed E-state index contributed by atoms with van der Waals surface area (Å²) in [6, 6.07) is 14.9. The summed E-state index contributed by atoms with van der Waals surface area (Å²) in [6.07, 6.45) is 2.55. The van der Waals surface area contributed by atoms with Gasteiger partial charge in [0.25, 0.3) is 0 Å². The predicted molar refractivity (Wildman–Crippen MR) is 109 cm³/mol. The molecule has 2 aromatic heterocycles. The standard InChI is InChI=1S/C20H21N7/c1-3-16(14-10-6-8-12-7-4-5-9-13(12)14)27(2)20-23-11-15-17(21)24-19(22)25-18(15)26-20/h4-11,16H,3H2,1-2H3,(H4,21,22,23,24,25,26)/t16-/m1/s1. The van der Waals surface area contributed by atoms with E-state index in [1.165, 1.54) is 16.3 Å². The van der Waals surface area contributed by atoms with Crippen LogP contribution >= 0.6 is 0 Å². The van der Waals surface area contributed by atoms with Crippen LogP contribution in [0.5, 0.6) is 0 Å². The molecule has 0 amide bonds. The lowest BCUT2D eigenvalue weighted by Gasteiger charge is -2.28. The first-order chi connectivity index (χ1) is 13.1. The lowest BCUT2D eigenvalue weighted by Crippen LogP contribution is -2.26. The van der Waals surface area contributed by atoms with Gasteiger partial charge in [0.05, 0.1) is 11.4 Å². The Balaban J connectivity index is 1.80. The van der Waals surface area contributed by atoms with Gasteiger partial charge in [-0.25, -0.2) is 4.98 Å². The van der Waals surface area contributed by atoms with Crippen molar-refractivity contribution in [2.75, 3.05) is 23.4 Å². The molecule has 1 atom stereocenters. The highest BCUT2D eigenvalue weighted by molar-refractivity contribution is 5.87. The number of aromatic nitrogens is 4. The monoisotopic (exact) mass is 359 g/mol. The van der Waals surface area contributed by atoms with Gasteiger partial charge >= 0.3 is 0 Å². The quantitative estimate of drug-likeness (QED) is 0.575. The molecule has 27 heavy (non-hydrogen) atoms. The van der Waals surface area contributed by atoms with Gasteiger partial charge < -0.3 is 16.4 Å². The third-order valence-corrected chi connectivity index (χ3v) is 4.84. The van der Waals surface area contributed by atoms with E-state index in [9.17, 15) is 0 Å². The third kappa shape index (κ3) is 2.97. The molecule has 7 nitrogen and oxygen atoms in total. The molecule has 0 radical (unpaired) electrons. The lowest BCUT2D eigenvalue weighted by molar-refractivity contribution is 0.639. The van der Waals surface area contributed by atoms with Gasteiger partial charge in [0.15, 0.2) is 5.65 Å². The number of hydrogen-bond donors (Lipinski definition) is 2. The Morgan fingerprint density at radius 2 is 1.74 bits per heavy atom. The van der Waals surface area contributed by atoms with Crippen LogP contribution < -0.4 is 16.4 Å². The second kappa shape index (κ2) is 6.68. The number of benzene rings is 2. The zero-order chi connectivity index (χ0) is 19.0. The molecule has 2 heterocycles. The fourth-order valence-electron chi connectivity index (χ4n) is 3.50. The van der Waals surface area contributed by atoms with Crippen LogP contribution in [0.4, 0.5) is 17.7 Å². The van der Waals surface area contributed by atoms with Gasteiger partial charge in [0.2, 0.25) is 11.9 Å². The van der Waals surface area contributed by atoms with E-state index in [4.69, 9.17) is 11.5 Å². The third-order valence-electron chi connectivity index (χ3n) is 4.84. The molecule has 2 aromatic carbocycles. The summed E-state index contributed by atoms with van der Waals surface area (Å²) in [5.74, 6) is 0.959. The molecule has 4 rings (SSSR count). The van der Waals surface area contributed by atoms with Gasteiger partial charge in [-0.2, -0.15) is 15.0 Å². The highest BCUT2D eigenvalue weighted by atomic mass is 15.3. The topological polar surface area (TPSA) is 107 Å². The Morgan fingerprint density at radius 3 is 2.56 bits per heavy atom. The highest BCUT2D eigenvalue weighted by Crippen LogP contribution is 2.32. The summed E-state index contributed by atoms with van der Waals surface area (Å²) in [5, 5.41) is 3.05. The smallest absolute Gasteiger partial charge is 0.227 e. The van der Waals surface area contributed by atoms with Gasteiger partial charge in [-0.1, -0.05) is 49.4 Å². The maximum absolute atomic E-state index is 5.90. The minimum Gasteiger partial charge on any atom is -0.383 e. The van der Waals surface area contributed by atoms with Crippen molar-refractivity contribution in [1.29, 1.82) is 0 Å². The van der Waals surface area contributed by atoms with Crippen LogP contribution in [0.2, 0.25) is 0 Å². The van der Waals surface area contributed by atoms with Crippen molar-refractivity contribution in [2.24, 2.45) is 0 Å². The largest absolute Gasteiger partial charge is 0.383 e. The molecular formula is C20H21N7. The van der Waals surface area contributed by atoms with Crippen molar-refractivity contribution in [2.45, 2.75) is 19.4 Å². The lowest BCUT2D eigenvalue weighted by atomic mass is 9.96. The van der Waals surface area contributed by atoms with Crippen LogP contribution in [0.15, 0.2) is 48.7 Å². The van der Waals surface area contributed by atoms with Gasteiger partial charge in [0.1, 0.15) is 5.82 Å². The summed E-state index contributed by atoms with van der Waals surface area (Å²) in [4.78, 5) is 19.3. The first-order valence-corrected chi connectivity index (χ1v) is 8.84. The second-order valence-electron chi connectivity index (χ2n) is 6.48. The molecule has 0 bridgehead atoms. The molecule has 0 aliphatic heterocycles. The molecule has 0 saturated heterocycles. The fourth-order valence-corrected chi connectivity index (χ4v) is 3.50. The van der Waals surface area contributed by atoms with Crippen molar-refractivity contribution in [3.63, 3.8) is 0 Å². The normalized spacial score (nSPS) is 12.4. The minimum atomic E-state index is 0.105. The van der Waals surface area contributed by atoms with E-state index in [0.717, 1.165) is 6.42 Å². The first-order valence-electron chi connectivity index (χ1n) is 8.84. The molecule has 0 saturated carbocycles. The van der Waals surface area contributed by atoms with E-state index in [1.54, 1.807) is 6.20 Å². The summed E-state index contributed by atoms with van der Waals surface area (Å²) >= 11 is 0. The van der Waals surface area contributed by atoms with E-state index >= 15 is 0 Å². The van der Waals surface area contributed by atoms with Crippen LogP contribution in [0.25, 0.3) is 21.8 Å². The molecule has 7 heteroatoms. The molecule has 4 aromatic rings. The van der Waals surface area contributed by atoms with E-state index in [2.05, 4.69) is 74.2 Å². The van der Waals surface area contributed by atoms with E-state index < -0.39 is 0 Å². The fraction of sp³-hybridized carbons (Fsp3) is 0.200. The Morgan fingerprint density at radius 1 is 0.963 bits per heavy atom. The zero-order valence-corrected chi connectivity index (χ0v) is 15.3. The average Bonchev–Trinajstić information content (AvgIpc) is 2.68. The molecule has 0 spiro atoms. The zero-order valence-electron chi connectivity index (χ0n) is 15.3. The van der Waals surface area contributed by atoms with Crippen LogP contribution in [-0.4, -0.2) is 27.0 Å². The molecule has 0 aliphatic rings. The molecule has 136 valence electrons. The van der Waals surface area contributed by atoms with Gasteiger partial charge in [0, 0.05) is 13.2 Å². The molecule has 0 fully saturated rings. The summed E-state index contributed by atoms with van der Waals surface area (Å²) in [7, 11) is 1.99. The van der Waals surface area contributed by atoms with Crippen molar-refractivity contribution in [1.82, 2.24) is 19.9 Å². The predicted octanol–water partition coefficient (Wildman–Crippen LogP) is 3.32. The van der Waals surface area contributed by atoms with Crippen molar-refractivity contribution in [3.8, 4) is 0 Å². The SMILES string of the molecule is CC[C@H](c1cccc2ccccc12)N(C)c1ncc2c(N)nc(N)nc2n1. The van der Waals surface area contributed by atoms with Crippen molar-refractivity contribution >= 4 is 39.5 Å². The van der Waals surface area contributed by atoms with Crippen LogP contribution in [-0.2, 0) is 0 Å². The average molecular weight is 359 g/mol.